The lowest BCUT2D eigenvalue weighted by Crippen LogP contribution is -2.47. The number of hydrogen-bond acceptors (Lipinski definition) is 5. The van der Waals surface area contributed by atoms with Crippen LogP contribution in [0, 0.1) is 11.8 Å². The van der Waals surface area contributed by atoms with E-state index in [0.717, 1.165) is 85.4 Å². The molecule has 1 aromatic carbocycles. The quantitative estimate of drug-likeness (QED) is 0.214. The smallest absolute Gasteiger partial charge is 0.219 e. The summed E-state index contributed by atoms with van der Waals surface area (Å²) in [6.07, 6.45) is 16.0. The molecule has 1 aliphatic carbocycles. The first-order valence-corrected chi connectivity index (χ1v) is 15.3. The van der Waals surface area contributed by atoms with Gasteiger partial charge in [-0.05, 0) is 66.2 Å². The first-order valence-electron chi connectivity index (χ1n) is 15.3. The Labute approximate surface area is 251 Å². The van der Waals surface area contributed by atoms with Gasteiger partial charge in [-0.1, -0.05) is 64.0 Å². The number of amides is 1. The van der Waals surface area contributed by atoms with Gasteiger partial charge in [-0.15, -0.1) is 0 Å². The van der Waals surface area contributed by atoms with Crippen LogP contribution in [0.3, 0.4) is 0 Å². The summed E-state index contributed by atoms with van der Waals surface area (Å²) in [5, 5.41) is 0. The Morgan fingerprint density at radius 3 is 2.55 bits per heavy atom. The van der Waals surface area contributed by atoms with Crippen LogP contribution in [-0.4, -0.2) is 49.2 Å². The highest BCUT2D eigenvalue weighted by Crippen LogP contribution is 2.38. The van der Waals surface area contributed by atoms with Crippen LogP contribution in [0.4, 0.5) is 5.69 Å². The molecule has 4 rings (SSSR count). The third kappa shape index (κ3) is 6.97. The number of nitrogens with zero attached hydrogens (tertiary/aromatic N) is 3. The Balaban J connectivity index is 1.73. The topological polar surface area (TPSA) is 71.3 Å². The number of carbonyl (C=O) groups is 2. The van der Waals surface area contributed by atoms with Crippen LogP contribution in [0.15, 0.2) is 92.3 Å². The minimum absolute atomic E-state index is 0.0694. The number of allylic oxidation sites excluding steroid dienone is 9. The average molecular weight is 568 g/mol. The maximum absolute atomic E-state index is 12.8. The fourth-order valence-corrected chi connectivity index (χ4v) is 5.87. The van der Waals surface area contributed by atoms with Gasteiger partial charge in [0.25, 0.3) is 0 Å². The summed E-state index contributed by atoms with van der Waals surface area (Å²) in [4.78, 5) is 36.0. The minimum Gasteiger partial charge on any atom is -0.495 e. The van der Waals surface area contributed by atoms with Crippen molar-refractivity contribution in [1.29, 1.82) is 0 Å². The van der Waals surface area contributed by atoms with Crippen LogP contribution in [0.1, 0.15) is 78.2 Å². The molecule has 6 nitrogen and oxygen atoms in total. The molecule has 1 aromatic rings. The van der Waals surface area contributed by atoms with E-state index in [9.17, 15) is 9.59 Å². The lowest BCUT2D eigenvalue weighted by atomic mass is 9.83. The Hall–Kier alpha value is -3.80. The summed E-state index contributed by atoms with van der Waals surface area (Å²) in [5.74, 6) is 1.47. The van der Waals surface area contributed by atoms with Crippen molar-refractivity contribution in [3.63, 3.8) is 0 Å². The Morgan fingerprint density at radius 1 is 1.19 bits per heavy atom. The first-order chi connectivity index (χ1) is 20.3. The van der Waals surface area contributed by atoms with Crippen molar-refractivity contribution in [3.8, 4) is 0 Å². The van der Waals surface area contributed by atoms with E-state index >= 15 is 0 Å². The molecule has 6 heteroatoms. The SMILES string of the molecule is CCCCC=CC1=C(C=O)C(=Nc2ccc(C3CN(C(C)=O)C3)cc2)C(CC)CC(C2=CN=CC(OC)=C(C)C2C)=C1. The van der Waals surface area contributed by atoms with Gasteiger partial charge in [0.2, 0.25) is 5.91 Å². The van der Waals surface area contributed by atoms with E-state index in [1.165, 1.54) is 11.1 Å². The van der Waals surface area contributed by atoms with E-state index in [2.05, 4.69) is 63.0 Å². The number of aldehydes is 1. The van der Waals surface area contributed by atoms with E-state index < -0.39 is 0 Å². The number of carbonyl (C=O) groups excluding carboxylic acids is 2. The van der Waals surface area contributed by atoms with Crippen molar-refractivity contribution in [1.82, 2.24) is 4.90 Å². The van der Waals surface area contributed by atoms with Crippen LogP contribution in [0.5, 0.6) is 0 Å². The molecule has 0 spiro atoms. The molecule has 0 saturated carbocycles. The maximum atomic E-state index is 12.8. The summed E-state index contributed by atoms with van der Waals surface area (Å²) in [6, 6.07) is 8.29. The van der Waals surface area contributed by atoms with E-state index in [-0.39, 0.29) is 17.7 Å². The second-order valence-corrected chi connectivity index (χ2v) is 11.6. The van der Waals surface area contributed by atoms with Gasteiger partial charge >= 0.3 is 0 Å². The van der Waals surface area contributed by atoms with Crippen LogP contribution in [-0.2, 0) is 14.3 Å². The molecule has 1 saturated heterocycles. The number of ether oxygens (including phenoxy) is 1. The maximum Gasteiger partial charge on any atom is 0.219 e. The van der Waals surface area contributed by atoms with Crippen molar-refractivity contribution in [2.45, 2.75) is 72.6 Å². The summed E-state index contributed by atoms with van der Waals surface area (Å²) in [5.41, 5.74) is 7.90. The van der Waals surface area contributed by atoms with E-state index in [1.54, 1.807) is 20.2 Å². The first kappa shape index (κ1) is 31.1. The molecule has 222 valence electrons. The highest BCUT2D eigenvalue weighted by Gasteiger charge is 2.31. The van der Waals surface area contributed by atoms with Gasteiger partial charge in [-0.3, -0.25) is 19.6 Å². The fraction of sp³-hybridized carbons (Fsp3) is 0.444. The van der Waals surface area contributed by atoms with Crippen molar-refractivity contribution in [2.24, 2.45) is 21.8 Å². The molecule has 3 aliphatic rings. The van der Waals surface area contributed by atoms with E-state index in [1.807, 2.05) is 23.2 Å². The molecular formula is C36H45N3O3. The molecule has 1 fully saturated rings. The summed E-state index contributed by atoms with van der Waals surface area (Å²) < 4.78 is 5.60. The predicted molar refractivity (Wildman–Crippen MR) is 172 cm³/mol. The number of rotatable bonds is 10. The van der Waals surface area contributed by atoms with Gasteiger partial charge in [0.15, 0.2) is 6.29 Å². The molecule has 2 aliphatic heterocycles. The second kappa shape index (κ2) is 14.4. The molecule has 2 atom stereocenters. The van der Waals surface area contributed by atoms with Gasteiger partial charge in [-0.25, -0.2) is 0 Å². The van der Waals surface area contributed by atoms with Crippen LogP contribution in [0.2, 0.25) is 0 Å². The molecule has 2 unspecified atom stereocenters. The van der Waals surface area contributed by atoms with Crippen molar-refractivity contribution < 1.29 is 14.3 Å². The van der Waals surface area contributed by atoms with Gasteiger partial charge in [0.1, 0.15) is 5.76 Å². The number of benzene rings is 1. The molecule has 2 heterocycles. The summed E-state index contributed by atoms with van der Waals surface area (Å²) >= 11 is 0. The number of likely N-dealkylation sites (tertiary alicyclic amines) is 1. The lowest BCUT2D eigenvalue weighted by Gasteiger charge is -2.39. The number of aliphatic imine (C=N–C) groups is 2. The van der Waals surface area contributed by atoms with Gasteiger partial charge in [-0.2, -0.15) is 0 Å². The highest BCUT2D eigenvalue weighted by molar-refractivity contribution is 6.18. The monoisotopic (exact) mass is 567 g/mol. The number of hydrogen-bond donors (Lipinski definition) is 0. The van der Waals surface area contributed by atoms with Crippen LogP contribution < -0.4 is 0 Å². The molecule has 1 amide bonds. The minimum atomic E-state index is 0.0694. The lowest BCUT2D eigenvalue weighted by molar-refractivity contribution is -0.133. The van der Waals surface area contributed by atoms with E-state index in [0.29, 0.717) is 11.5 Å². The third-order valence-corrected chi connectivity index (χ3v) is 8.84. The van der Waals surface area contributed by atoms with Crippen molar-refractivity contribution >= 4 is 29.8 Å². The molecule has 0 bridgehead atoms. The van der Waals surface area contributed by atoms with E-state index in [4.69, 9.17) is 9.73 Å². The van der Waals surface area contributed by atoms with Gasteiger partial charge in [0.05, 0.1) is 24.7 Å². The largest absolute Gasteiger partial charge is 0.495 e. The fourth-order valence-electron chi connectivity index (χ4n) is 5.87. The van der Waals surface area contributed by atoms with Crippen LogP contribution >= 0.6 is 0 Å². The zero-order chi connectivity index (χ0) is 30.2. The normalized spacial score (nSPS) is 22.6. The van der Waals surface area contributed by atoms with Crippen molar-refractivity contribution in [3.05, 3.63) is 87.9 Å². The number of unbranched alkanes of at least 4 members (excludes halogenated alkanes) is 2. The molecular weight excluding hydrogens is 522 g/mol. The zero-order valence-corrected chi connectivity index (χ0v) is 26.0. The Kier molecular flexibility index (Phi) is 10.7. The second-order valence-electron chi connectivity index (χ2n) is 11.6. The van der Waals surface area contributed by atoms with Crippen molar-refractivity contribution in [2.75, 3.05) is 20.2 Å². The summed E-state index contributed by atoms with van der Waals surface area (Å²) in [7, 11) is 1.68. The predicted octanol–water partition coefficient (Wildman–Crippen LogP) is 7.83. The summed E-state index contributed by atoms with van der Waals surface area (Å²) in [6.45, 7) is 11.8. The average Bonchev–Trinajstić information content (AvgIpc) is 3.19. The van der Waals surface area contributed by atoms with Gasteiger partial charge < -0.3 is 9.64 Å². The zero-order valence-electron chi connectivity index (χ0n) is 26.0. The highest BCUT2D eigenvalue weighted by atomic mass is 16.5. The standard InChI is InChI=1S/C36H45N3O3/c1-7-9-10-11-12-29-18-30(33-19-37-20-35(42-6)25(4)24(33)3)17-27(8-2)36(34(29)23-40)38-32-15-13-28(14-16-32)31-21-39(22-31)26(5)41/h11-16,18-20,23-24,27,31H,7-10,17,21-22H2,1-6H3. The number of methoxy groups -OCH3 is 1. The third-order valence-electron chi connectivity index (χ3n) is 8.84. The van der Waals surface area contributed by atoms with Crippen LogP contribution in [0.25, 0.3) is 0 Å². The van der Waals surface area contributed by atoms with Gasteiger partial charge in [0, 0.05) is 49.5 Å². The molecule has 0 radical (unpaired) electrons. The molecule has 0 N–H and O–H groups in total. The molecule has 42 heavy (non-hydrogen) atoms. The Morgan fingerprint density at radius 2 is 1.93 bits per heavy atom. The Bertz CT molecular complexity index is 1380. The molecule has 0 aromatic heterocycles.